The van der Waals surface area contributed by atoms with Gasteiger partial charge in [-0.05, 0) is 36.8 Å². The maximum atomic E-state index is 12.1. The highest BCUT2D eigenvalue weighted by molar-refractivity contribution is 7.99. The highest BCUT2D eigenvalue weighted by atomic mass is 32.2. The van der Waals surface area contributed by atoms with E-state index in [2.05, 4.69) is 15.5 Å². The third-order valence-corrected chi connectivity index (χ3v) is 4.79. The first kappa shape index (κ1) is 19.8. The summed E-state index contributed by atoms with van der Waals surface area (Å²) in [6.07, 6.45) is 0. The molecule has 0 saturated heterocycles. The van der Waals surface area contributed by atoms with Crippen LogP contribution in [0.15, 0.2) is 52.1 Å². The summed E-state index contributed by atoms with van der Waals surface area (Å²) in [5.74, 6) is 1.76. The van der Waals surface area contributed by atoms with Crippen LogP contribution >= 0.6 is 11.8 Å². The number of ether oxygens (including phenoxy) is 2. The fourth-order valence-corrected chi connectivity index (χ4v) is 3.04. The second-order valence-electron chi connectivity index (χ2n) is 5.99. The lowest BCUT2D eigenvalue weighted by Crippen LogP contribution is -2.24. The highest BCUT2D eigenvalue weighted by Crippen LogP contribution is 2.27. The Morgan fingerprint density at radius 1 is 1.07 bits per heavy atom. The minimum atomic E-state index is -0.130. The third kappa shape index (κ3) is 5.04. The lowest BCUT2D eigenvalue weighted by atomic mass is 10.1. The maximum absolute atomic E-state index is 12.1. The smallest absolute Gasteiger partial charge is 0.277 e. The number of aromatic nitrogens is 2. The Morgan fingerprint density at radius 2 is 1.82 bits per heavy atom. The molecule has 2 aromatic carbocycles. The molecule has 1 aromatic heterocycles. The molecule has 0 fully saturated rings. The molecule has 0 atom stereocenters. The normalized spacial score (nSPS) is 10.5. The minimum Gasteiger partial charge on any atom is -0.493 e. The molecule has 3 rings (SSSR count). The fraction of sp³-hybridized carbons (Fsp3) is 0.250. The summed E-state index contributed by atoms with van der Waals surface area (Å²) < 4.78 is 16.1. The Hall–Kier alpha value is -3.00. The summed E-state index contributed by atoms with van der Waals surface area (Å²) in [6.45, 7) is 2.40. The van der Waals surface area contributed by atoms with Crippen molar-refractivity contribution in [3.05, 3.63) is 53.6 Å². The Morgan fingerprint density at radius 3 is 2.54 bits per heavy atom. The second-order valence-corrected chi connectivity index (χ2v) is 6.92. The van der Waals surface area contributed by atoms with Crippen molar-refractivity contribution in [2.45, 2.75) is 18.7 Å². The Balaban J connectivity index is 1.50. The first-order valence-corrected chi connectivity index (χ1v) is 9.58. The van der Waals surface area contributed by atoms with Crippen LogP contribution in [0.1, 0.15) is 11.1 Å². The monoisotopic (exact) mass is 399 g/mol. The number of carbonyl (C=O) groups is 1. The molecular formula is C20H21N3O4S. The SMILES string of the molecule is COc1ccc(CNC(=O)CSc2nnc(-c3ccc(C)cc3)o2)cc1OC. The lowest BCUT2D eigenvalue weighted by Gasteiger charge is -2.10. The number of nitrogens with zero attached hydrogens (tertiary/aromatic N) is 2. The molecule has 0 aliphatic carbocycles. The lowest BCUT2D eigenvalue weighted by molar-refractivity contribution is -0.118. The van der Waals surface area contributed by atoms with Crippen molar-refractivity contribution in [3.8, 4) is 23.0 Å². The highest BCUT2D eigenvalue weighted by Gasteiger charge is 2.11. The van der Waals surface area contributed by atoms with Crippen molar-refractivity contribution in [2.75, 3.05) is 20.0 Å². The van der Waals surface area contributed by atoms with Crippen molar-refractivity contribution in [3.63, 3.8) is 0 Å². The molecule has 7 nitrogen and oxygen atoms in total. The van der Waals surface area contributed by atoms with E-state index in [0.717, 1.165) is 16.7 Å². The third-order valence-electron chi connectivity index (χ3n) is 3.97. The van der Waals surface area contributed by atoms with Gasteiger partial charge in [0.05, 0.1) is 20.0 Å². The number of carbonyl (C=O) groups excluding carboxylic acids is 1. The predicted octanol–water partition coefficient (Wildman–Crippen LogP) is 3.47. The number of amides is 1. The van der Waals surface area contributed by atoms with Crippen LogP contribution in [0.5, 0.6) is 11.5 Å². The zero-order valence-corrected chi connectivity index (χ0v) is 16.7. The van der Waals surface area contributed by atoms with Crippen molar-refractivity contribution in [1.82, 2.24) is 15.5 Å². The molecule has 1 amide bonds. The molecule has 3 aromatic rings. The van der Waals surface area contributed by atoms with E-state index in [1.165, 1.54) is 11.8 Å². The number of methoxy groups -OCH3 is 2. The first-order valence-electron chi connectivity index (χ1n) is 8.60. The average molecular weight is 399 g/mol. The number of benzene rings is 2. The van der Waals surface area contributed by atoms with Gasteiger partial charge in [0.15, 0.2) is 11.5 Å². The zero-order chi connectivity index (χ0) is 19.9. The van der Waals surface area contributed by atoms with Crippen molar-refractivity contribution in [1.29, 1.82) is 0 Å². The van der Waals surface area contributed by atoms with Gasteiger partial charge in [-0.2, -0.15) is 0 Å². The standard InChI is InChI=1S/C20H21N3O4S/c1-13-4-7-15(8-5-13)19-22-23-20(27-19)28-12-18(24)21-11-14-6-9-16(25-2)17(10-14)26-3/h4-10H,11-12H2,1-3H3,(H,21,24). The predicted molar refractivity (Wildman–Crippen MR) is 107 cm³/mol. The molecule has 8 heteroatoms. The van der Waals surface area contributed by atoms with E-state index in [-0.39, 0.29) is 11.7 Å². The summed E-state index contributed by atoms with van der Waals surface area (Å²) in [6, 6.07) is 13.3. The molecule has 0 spiro atoms. The van der Waals surface area contributed by atoms with Crippen molar-refractivity contribution >= 4 is 17.7 Å². The van der Waals surface area contributed by atoms with E-state index in [1.54, 1.807) is 20.3 Å². The van der Waals surface area contributed by atoms with E-state index in [1.807, 2.05) is 43.3 Å². The van der Waals surface area contributed by atoms with Crippen LogP contribution in [0, 0.1) is 6.92 Å². The number of aryl methyl sites for hydroxylation is 1. The van der Waals surface area contributed by atoms with Gasteiger partial charge in [0.25, 0.3) is 5.22 Å². The van der Waals surface area contributed by atoms with Crippen LogP contribution in [-0.2, 0) is 11.3 Å². The van der Waals surface area contributed by atoms with Crippen LogP contribution in [0.4, 0.5) is 0 Å². The molecule has 0 aliphatic heterocycles. The molecule has 28 heavy (non-hydrogen) atoms. The summed E-state index contributed by atoms with van der Waals surface area (Å²) in [4.78, 5) is 12.1. The Bertz CT molecular complexity index is 941. The Labute approximate surface area is 167 Å². The van der Waals surface area contributed by atoms with Gasteiger partial charge >= 0.3 is 0 Å². The van der Waals surface area contributed by atoms with E-state index < -0.39 is 0 Å². The van der Waals surface area contributed by atoms with E-state index in [9.17, 15) is 4.79 Å². The molecule has 0 radical (unpaired) electrons. The van der Waals surface area contributed by atoms with Crippen LogP contribution in [0.2, 0.25) is 0 Å². The van der Waals surface area contributed by atoms with Gasteiger partial charge in [-0.1, -0.05) is 35.5 Å². The second kappa shape index (κ2) is 9.27. The summed E-state index contributed by atoms with van der Waals surface area (Å²) in [5, 5.41) is 11.2. The fourth-order valence-electron chi connectivity index (χ4n) is 2.45. The summed E-state index contributed by atoms with van der Waals surface area (Å²) in [7, 11) is 3.16. The van der Waals surface area contributed by atoms with Crippen molar-refractivity contribution in [2.24, 2.45) is 0 Å². The molecule has 0 bridgehead atoms. The van der Waals surface area contributed by atoms with Gasteiger partial charge in [-0.3, -0.25) is 4.79 Å². The van der Waals surface area contributed by atoms with E-state index >= 15 is 0 Å². The summed E-state index contributed by atoms with van der Waals surface area (Å²) in [5.41, 5.74) is 2.92. The maximum Gasteiger partial charge on any atom is 0.277 e. The van der Waals surface area contributed by atoms with E-state index in [0.29, 0.717) is 29.2 Å². The first-order chi connectivity index (χ1) is 13.6. The minimum absolute atomic E-state index is 0.130. The van der Waals surface area contributed by atoms with Crippen LogP contribution < -0.4 is 14.8 Å². The van der Waals surface area contributed by atoms with Crippen LogP contribution in [0.3, 0.4) is 0 Å². The topological polar surface area (TPSA) is 86.5 Å². The number of hydrogen-bond donors (Lipinski definition) is 1. The number of hydrogen-bond acceptors (Lipinski definition) is 7. The number of nitrogens with one attached hydrogen (secondary N) is 1. The van der Waals surface area contributed by atoms with E-state index in [4.69, 9.17) is 13.9 Å². The zero-order valence-electron chi connectivity index (χ0n) is 15.9. The molecule has 0 unspecified atom stereocenters. The molecule has 146 valence electrons. The molecule has 0 aliphatic rings. The largest absolute Gasteiger partial charge is 0.493 e. The van der Waals surface area contributed by atoms with Gasteiger partial charge in [-0.25, -0.2) is 0 Å². The Kier molecular flexibility index (Phi) is 6.54. The summed E-state index contributed by atoms with van der Waals surface area (Å²) >= 11 is 1.20. The quantitative estimate of drug-likeness (QED) is 0.580. The average Bonchev–Trinajstić information content (AvgIpc) is 3.20. The van der Waals surface area contributed by atoms with Gasteiger partial charge in [0.2, 0.25) is 11.8 Å². The molecular weight excluding hydrogens is 378 g/mol. The van der Waals surface area contributed by atoms with Crippen molar-refractivity contribution < 1.29 is 18.7 Å². The van der Waals surface area contributed by atoms with Crippen LogP contribution in [0.25, 0.3) is 11.5 Å². The molecule has 1 heterocycles. The molecule has 1 N–H and O–H groups in total. The van der Waals surface area contributed by atoms with Crippen LogP contribution in [-0.4, -0.2) is 36.1 Å². The molecule has 0 saturated carbocycles. The van der Waals surface area contributed by atoms with Gasteiger partial charge in [0, 0.05) is 12.1 Å². The van der Waals surface area contributed by atoms with Gasteiger partial charge in [-0.15, -0.1) is 10.2 Å². The number of thioether (sulfide) groups is 1. The van der Waals surface area contributed by atoms with Gasteiger partial charge < -0.3 is 19.2 Å². The van der Waals surface area contributed by atoms with Gasteiger partial charge in [0.1, 0.15) is 0 Å². The number of rotatable bonds is 8.